The Kier molecular flexibility index (Phi) is 6.19. The molecule has 0 saturated heterocycles. The Balaban J connectivity index is 1.33. The molecule has 166 valence electrons. The van der Waals surface area contributed by atoms with E-state index in [1.165, 1.54) is 21.8 Å². The molecule has 0 saturated carbocycles. The summed E-state index contributed by atoms with van der Waals surface area (Å²) in [7, 11) is 0. The van der Waals surface area contributed by atoms with E-state index in [1.807, 2.05) is 36.4 Å². The van der Waals surface area contributed by atoms with Crippen molar-refractivity contribution in [2.75, 3.05) is 6.54 Å². The number of rotatable bonds is 8. The number of nitrogens with zero attached hydrogens (tertiary/aromatic N) is 3. The molecule has 0 unspecified atom stereocenters. The molecule has 7 heteroatoms. The number of hydrogen-bond acceptors (Lipinski definition) is 3. The van der Waals surface area contributed by atoms with Crippen LogP contribution in [0.5, 0.6) is 0 Å². The van der Waals surface area contributed by atoms with E-state index >= 15 is 0 Å². The Morgan fingerprint density at radius 3 is 2.61 bits per heavy atom. The van der Waals surface area contributed by atoms with Crippen LogP contribution in [0.25, 0.3) is 22.2 Å². The summed E-state index contributed by atoms with van der Waals surface area (Å²) < 4.78 is 14.3. The fraction of sp³-hybridized carbons (Fsp3) is 0.154. The maximum Gasteiger partial charge on any atom is 0.129 e. The highest BCUT2D eigenvalue weighted by Crippen LogP contribution is 2.23. The normalized spacial score (nSPS) is 11.3. The summed E-state index contributed by atoms with van der Waals surface area (Å²) in [5.41, 5.74) is 5.37. The quantitative estimate of drug-likeness (QED) is 0.297. The van der Waals surface area contributed by atoms with Crippen LogP contribution in [-0.2, 0) is 19.5 Å². The van der Waals surface area contributed by atoms with Gasteiger partial charge in [0, 0.05) is 39.8 Å². The van der Waals surface area contributed by atoms with Crippen LogP contribution in [0, 0.1) is 5.82 Å². The third-order valence-corrected chi connectivity index (χ3v) is 6.03. The van der Waals surface area contributed by atoms with Gasteiger partial charge in [-0.1, -0.05) is 66.2 Å². The number of H-pyrrole nitrogens is 1. The number of benzene rings is 3. The highest BCUT2D eigenvalue weighted by Gasteiger charge is 2.15. The zero-order valence-corrected chi connectivity index (χ0v) is 18.7. The second-order valence-electron chi connectivity index (χ2n) is 7.88. The van der Waals surface area contributed by atoms with Crippen LogP contribution in [0.4, 0.5) is 4.39 Å². The van der Waals surface area contributed by atoms with Crippen LogP contribution in [-0.4, -0.2) is 26.5 Å². The lowest BCUT2D eigenvalue weighted by molar-refractivity contribution is 0.543. The zero-order chi connectivity index (χ0) is 22.6. The maximum absolute atomic E-state index is 14.3. The van der Waals surface area contributed by atoms with Crippen molar-refractivity contribution in [3.8, 4) is 11.3 Å². The predicted molar refractivity (Wildman–Crippen MR) is 130 cm³/mol. The van der Waals surface area contributed by atoms with E-state index < -0.39 is 0 Å². The standard InChI is InChI=1S/C26H23ClFN5/c27-22-10-6-11-23(28)21(22)17-33-31-25(26(32-33)18-7-2-1-3-8-18)16-29-14-13-19-15-30-24-12-5-4-9-20(19)24/h1-12,15,29-30H,13-14,16-17H2. The van der Waals surface area contributed by atoms with Crippen molar-refractivity contribution >= 4 is 22.5 Å². The van der Waals surface area contributed by atoms with E-state index in [0.29, 0.717) is 17.1 Å². The second-order valence-corrected chi connectivity index (χ2v) is 8.29. The SMILES string of the molecule is Fc1cccc(Cl)c1Cn1nc(CNCCc2c[nH]c3ccccc23)c(-c2ccccc2)n1. The Morgan fingerprint density at radius 1 is 0.939 bits per heavy atom. The third kappa shape index (κ3) is 4.67. The molecule has 0 aliphatic heterocycles. The minimum absolute atomic E-state index is 0.167. The van der Waals surface area contributed by atoms with Crippen LogP contribution in [0.1, 0.15) is 16.8 Å². The summed E-state index contributed by atoms with van der Waals surface area (Å²) in [6.45, 7) is 1.51. The van der Waals surface area contributed by atoms with E-state index in [1.54, 1.807) is 12.1 Å². The molecule has 0 fully saturated rings. The fourth-order valence-corrected chi connectivity index (χ4v) is 4.21. The lowest BCUT2D eigenvalue weighted by Crippen LogP contribution is -2.17. The lowest BCUT2D eigenvalue weighted by Gasteiger charge is -2.05. The van der Waals surface area contributed by atoms with Gasteiger partial charge in [-0.2, -0.15) is 15.0 Å². The van der Waals surface area contributed by atoms with Crippen LogP contribution in [0.15, 0.2) is 79.0 Å². The van der Waals surface area contributed by atoms with Crippen molar-refractivity contribution in [3.05, 3.63) is 107 Å². The molecule has 0 aliphatic rings. The molecule has 3 aromatic carbocycles. The third-order valence-electron chi connectivity index (χ3n) is 5.67. The van der Waals surface area contributed by atoms with Gasteiger partial charge in [0.15, 0.2) is 0 Å². The van der Waals surface area contributed by atoms with Gasteiger partial charge in [-0.3, -0.25) is 0 Å². The number of hydrogen-bond donors (Lipinski definition) is 2. The summed E-state index contributed by atoms with van der Waals surface area (Å²) in [5.74, 6) is -0.362. The Labute approximate surface area is 196 Å². The van der Waals surface area contributed by atoms with Gasteiger partial charge in [0.1, 0.15) is 17.2 Å². The van der Waals surface area contributed by atoms with Crippen molar-refractivity contribution in [3.63, 3.8) is 0 Å². The molecule has 2 aromatic heterocycles. The summed E-state index contributed by atoms with van der Waals surface area (Å²) in [5, 5.41) is 14.4. The molecular formula is C26H23ClFN5. The van der Waals surface area contributed by atoms with Crippen molar-refractivity contribution in [1.29, 1.82) is 0 Å². The van der Waals surface area contributed by atoms with Gasteiger partial charge in [-0.25, -0.2) is 4.39 Å². The summed E-state index contributed by atoms with van der Waals surface area (Å²) in [6, 6.07) is 22.9. The highest BCUT2D eigenvalue weighted by atomic mass is 35.5. The number of halogens is 2. The lowest BCUT2D eigenvalue weighted by atomic mass is 10.1. The molecule has 0 amide bonds. The van der Waals surface area contributed by atoms with Crippen LogP contribution < -0.4 is 5.32 Å². The van der Waals surface area contributed by atoms with Crippen molar-refractivity contribution in [2.45, 2.75) is 19.5 Å². The number of fused-ring (bicyclic) bond motifs is 1. The summed E-state index contributed by atoms with van der Waals surface area (Å²) >= 11 is 6.21. The van der Waals surface area contributed by atoms with E-state index in [2.05, 4.69) is 44.9 Å². The Hall–Kier alpha value is -3.48. The molecule has 5 aromatic rings. The molecule has 2 N–H and O–H groups in total. The van der Waals surface area contributed by atoms with E-state index in [4.69, 9.17) is 11.6 Å². The van der Waals surface area contributed by atoms with Gasteiger partial charge >= 0.3 is 0 Å². The largest absolute Gasteiger partial charge is 0.361 e. The van der Waals surface area contributed by atoms with Crippen molar-refractivity contribution in [1.82, 2.24) is 25.3 Å². The van der Waals surface area contributed by atoms with Crippen LogP contribution in [0.2, 0.25) is 5.02 Å². The van der Waals surface area contributed by atoms with E-state index in [-0.39, 0.29) is 12.4 Å². The molecule has 5 nitrogen and oxygen atoms in total. The Bertz CT molecular complexity index is 1360. The van der Waals surface area contributed by atoms with Gasteiger partial charge < -0.3 is 10.3 Å². The number of aromatic amines is 1. The average Bonchev–Trinajstić information content (AvgIpc) is 3.44. The van der Waals surface area contributed by atoms with Gasteiger partial charge in [0.25, 0.3) is 0 Å². The maximum atomic E-state index is 14.3. The number of aromatic nitrogens is 4. The highest BCUT2D eigenvalue weighted by molar-refractivity contribution is 6.31. The van der Waals surface area contributed by atoms with Gasteiger partial charge in [0.05, 0.1) is 6.54 Å². The minimum Gasteiger partial charge on any atom is -0.361 e. The van der Waals surface area contributed by atoms with Crippen LogP contribution >= 0.6 is 11.6 Å². The second kappa shape index (κ2) is 9.57. The average molecular weight is 460 g/mol. The molecular weight excluding hydrogens is 437 g/mol. The number of para-hydroxylation sites is 1. The molecule has 2 heterocycles. The molecule has 5 rings (SSSR count). The Morgan fingerprint density at radius 2 is 1.76 bits per heavy atom. The van der Waals surface area contributed by atoms with Crippen molar-refractivity contribution in [2.24, 2.45) is 0 Å². The molecule has 0 spiro atoms. The topological polar surface area (TPSA) is 58.5 Å². The fourth-order valence-electron chi connectivity index (χ4n) is 3.99. The van der Waals surface area contributed by atoms with Crippen molar-refractivity contribution < 1.29 is 4.39 Å². The first-order valence-electron chi connectivity index (χ1n) is 10.9. The molecule has 0 bridgehead atoms. The molecule has 33 heavy (non-hydrogen) atoms. The van der Waals surface area contributed by atoms with E-state index in [0.717, 1.165) is 35.4 Å². The summed E-state index contributed by atoms with van der Waals surface area (Å²) in [6.07, 6.45) is 2.96. The van der Waals surface area contributed by atoms with Gasteiger partial charge in [0.2, 0.25) is 0 Å². The smallest absolute Gasteiger partial charge is 0.129 e. The minimum atomic E-state index is -0.362. The summed E-state index contributed by atoms with van der Waals surface area (Å²) in [4.78, 5) is 4.84. The molecule has 0 atom stereocenters. The van der Waals surface area contributed by atoms with Gasteiger partial charge in [-0.05, 0) is 36.7 Å². The predicted octanol–water partition coefficient (Wildman–Crippen LogP) is 5.60. The first-order chi connectivity index (χ1) is 16.2. The first kappa shape index (κ1) is 21.4. The van der Waals surface area contributed by atoms with Crippen LogP contribution in [0.3, 0.4) is 0 Å². The first-order valence-corrected chi connectivity index (χ1v) is 11.2. The zero-order valence-electron chi connectivity index (χ0n) is 17.9. The van der Waals surface area contributed by atoms with E-state index in [9.17, 15) is 4.39 Å². The monoisotopic (exact) mass is 459 g/mol. The molecule has 0 radical (unpaired) electrons. The van der Waals surface area contributed by atoms with Gasteiger partial charge in [-0.15, -0.1) is 0 Å². The molecule has 0 aliphatic carbocycles. The number of nitrogens with one attached hydrogen (secondary N) is 2.